The monoisotopic (exact) mass is 263 g/mol. The van der Waals surface area contributed by atoms with E-state index in [9.17, 15) is 9.90 Å². The van der Waals surface area contributed by atoms with Gasteiger partial charge in [-0.2, -0.15) is 0 Å². The van der Waals surface area contributed by atoms with E-state index in [1.807, 2.05) is 12.1 Å². The maximum Gasteiger partial charge on any atom is 0.338 e. The van der Waals surface area contributed by atoms with Crippen LogP contribution in [0.5, 0.6) is 0 Å². The number of carbonyl (C=O) groups excluding carboxylic acids is 1. The summed E-state index contributed by atoms with van der Waals surface area (Å²) in [6.07, 6.45) is 3.56. The van der Waals surface area contributed by atoms with Gasteiger partial charge >= 0.3 is 5.97 Å². The molecule has 2 rings (SSSR count). The van der Waals surface area contributed by atoms with E-state index >= 15 is 0 Å². The lowest BCUT2D eigenvalue weighted by Crippen LogP contribution is -2.28. The second-order valence-corrected chi connectivity index (χ2v) is 4.95. The van der Waals surface area contributed by atoms with Crippen molar-refractivity contribution in [2.75, 3.05) is 11.9 Å². The predicted octanol–water partition coefficient (Wildman–Crippen LogP) is 2.58. The van der Waals surface area contributed by atoms with Crippen molar-refractivity contribution >= 4 is 11.7 Å². The Labute approximate surface area is 113 Å². The average Bonchev–Trinajstić information content (AvgIpc) is 2.42. The molecular weight excluding hydrogens is 242 g/mol. The molecule has 104 valence electrons. The van der Waals surface area contributed by atoms with E-state index < -0.39 is 0 Å². The van der Waals surface area contributed by atoms with Crippen LogP contribution in [0.4, 0.5) is 5.69 Å². The summed E-state index contributed by atoms with van der Waals surface area (Å²) in [5.41, 5.74) is 1.58. The Hall–Kier alpha value is -1.55. The highest BCUT2D eigenvalue weighted by Crippen LogP contribution is 2.22. The summed E-state index contributed by atoms with van der Waals surface area (Å²) >= 11 is 0. The maximum atomic E-state index is 11.5. The van der Waals surface area contributed by atoms with E-state index in [2.05, 4.69) is 5.32 Å². The predicted molar refractivity (Wildman–Crippen MR) is 74.3 cm³/mol. The quantitative estimate of drug-likeness (QED) is 0.820. The first-order valence-electron chi connectivity index (χ1n) is 6.91. The molecule has 1 aliphatic rings. The molecule has 0 heterocycles. The van der Waals surface area contributed by atoms with E-state index in [0.717, 1.165) is 31.4 Å². The number of carbonyl (C=O) groups is 1. The number of rotatable bonds is 4. The third-order valence-corrected chi connectivity index (χ3v) is 3.46. The molecule has 0 saturated heterocycles. The number of esters is 1. The van der Waals surface area contributed by atoms with Gasteiger partial charge in [0.1, 0.15) is 0 Å². The van der Waals surface area contributed by atoms with Crippen LogP contribution in [-0.2, 0) is 4.74 Å². The molecule has 0 spiro atoms. The zero-order valence-electron chi connectivity index (χ0n) is 11.3. The molecule has 1 aromatic carbocycles. The van der Waals surface area contributed by atoms with Gasteiger partial charge in [-0.1, -0.05) is 0 Å². The number of anilines is 1. The summed E-state index contributed by atoms with van der Waals surface area (Å²) in [6.45, 7) is 2.19. The number of ether oxygens (including phenoxy) is 1. The number of benzene rings is 1. The molecule has 1 aliphatic carbocycles. The summed E-state index contributed by atoms with van der Waals surface area (Å²) < 4.78 is 4.94. The minimum absolute atomic E-state index is 0.135. The SMILES string of the molecule is CCOC(=O)c1ccc(NC2CCC(O)CC2)cc1. The van der Waals surface area contributed by atoms with E-state index in [4.69, 9.17) is 4.74 Å². The van der Waals surface area contributed by atoms with Crippen LogP contribution >= 0.6 is 0 Å². The highest BCUT2D eigenvalue weighted by Gasteiger charge is 2.19. The molecule has 0 bridgehead atoms. The average molecular weight is 263 g/mol. The topological polar surface area (TPSA) is 58.6 Å². The molecule has 1 fully saturated rings. The van der Waals surface area contributed by atoms with Crippen molar-refractivity contribution in [2.24, 2.45) is 0 Å². The van der Waals surface area contributed by atoms with Crippen LogP contribution in [-0.4, -0.2) is 29.8 Å². The van der Waals surface area contributed by atoms with E-state index in [1.165, 1.54) is 0 Å². The molecule has 0 amide bonds. The summed E-state index contributed by atoms with van der Waals surface area (Å²) in [5.74, 6) is -0.283. The number of hydrogen-bond acceptors (Lipinski definition) is 4. The normalized spacial score (nSPS) is 22.8. The summed E-state index contributed by atoms with van der Waals surface area (Å²) in [4.78, 5) is 11.5. The highest BCUT2D eigenvalue weighted by atomic mass is 16.5. The Morgan fingerprint density at radius 2 is 1.89 bits per heavy atom. The summed E-state index contributed by atoms with van der Waals surface area (Å²) in [6, 6.07) is 7.77. The number of nitrogens with one attached hydrogen (secondary N) is 1. The summed E-state index contributed by atoms with van der Waals surface area (Å²) in [5, 5.41) is 12.9. The minimum atomic E-state index is -0.283. The lowest BCUT2D eigenvalue weighted by Gasteiger charge is -2.27. The van der Waals surface area contributed by atoms with Crippen molar-refractivity contribution < 1.29 is 14.6 Å². The van der Waals surface area contributed by atoms with Gasteiger partial charge in [0.2, 0.25) is 0 Å². The van der Waals surface area contributed by atoms with Crippen LogP contribution in [0.15, 0.2) is 24.3 Å². The summed E-state index contributed by atoms with van der Waals surface area (Å²) in [7, 11) is 0. The van der Waals surface area contributed by atoms with E-state index in [-0.39, 0.29) is 12.1 Å². The van der Waals surface area contributed by atoms with Gasteiger partial charge in [0.15, 0.2) is 0 Å². The molecule has 19 heavy (non-hydrogen) atoms. The van der Waals surface area contributed by atoms with Crippen molar-refractivity contribution in [3.63, 3.8) is 0 Å². The Morgan fingerprint density at radius 1 is 1.26 bits per heavy atom. The Bertz CT molecular complexity index is 408. The molecule has 1 aromatic rings. The zero-order chi connectivity index (χ0) is 13.7. The van der Waals surface area contributed by atoms with Crippen LogP contribution in [0.25, 0.3) is 0 Å². The zero-order valence-corrected chi connectivity index (χ0v) is 11.3. The molecule has 4 nitrogen and oxygen atoms in total. The van der Waals surface area contributed by atoms with Crippen molar-refractivity contribution in [3.05, 3.63) is 29.8 Å². The molecule has 0 unspecified atom stereocenters. The second kappa shape index (κ2) is 6.57. The lowest BCUT2D eigenvalue weighted by molar-refractivity contribution is 0.0526. The van der Waals surface area contributed by atoms with Gasteiger partial charge in [-0.15, -0.1) is 0 Å². The molecule has 0 radical (unpaired) electrons. The van der Waals surface area contributed by atoms with Crippen LogP contribution < -0.4 is 5.32 Å². The van der Waals surface area contributed by atoms with Crippen LogP contribution in [0.3, 0.4) is 0 Å². The third kappa shape index (κ3) is 3.96. The van der Waals surface area contributed by atoms with Gasteiger partial charge in [0.25, 0.3) is 0 Å². The Balaban J connectivity index is 1.90. The number of aliphatic hydroxyl groups is 1. The van der Waals surface area contributed by atoms with Gasteiger partial charge in [-0.05, 0) is 56.9 Å². The Morgan fingerprint density at radius 3 is 2.47 bits per heavy atom. The van der Waals surface area contributed by atoms with Crippen molar-refractivity contribution in [2.45, 2.75) is 44.8 Å². The Kier molecular flexibility index (Phi) is 4.80. The molecule has 1 saturated carbocycles. The first kappa shape index (κ1) is 13.9. The lowest BCUT2D eigenvalue weighted by atomic mass is 9.93. The minimum Gasteiger partial charge on any atom is -0.462 e. The first-order valence-corrected chi connectivity index (χ1v) is 6.91. The van der Waals surface area contributed by atoms with Crippen LogP contribution in [0.2, 0.25) is 0 Å². The van der Waals surface area contributed by atoms with Gasteiger partial charge in [0.05, 0.1) is 18.3 Å². The van der Waals surface area contributed by atoms with Crippen molar-refractivity contribution in [3.8, 4) is 0 Å². The van der Waals surface area contributed by atoms with Gasteiger partial charge in [-0.3, -0.25) is 0 Å². The standard InChI is InChI=1S/C15H21NO3/c1-2-19-15(18)11-3-5-12(6-4-11)16-13-7-9-14(17)10-8-13/h3-6,13-14,16-17H,2,7-10H2,1H3. The molecule has 2 N–H and O–H groups in total. The fourth-order valence-corrected chi connectivity index (χ4v) is 2.37. The van der Waals surface area contributed by atoms with Gasteiger partial charge in [-0.25, -0.2) is 4.79 Å². The van der Waals surface area contributed by atoms with E-state index in [1.54, 1.807) is 19.1 Å². The molecule has 0 aromatic heterocycles. The number of aliphatic hydroxyl groups excluding tert-OH is 1. The highest BCUT2D eigenvalue weighted by molar-refractivity contribution is 5.89. The van der Waals surface area contributed by atoms with Crippen molar-refractivity contribution in [1.29, 1.82) is 0 Å². The van der Waals surface area contributed by atoms with Gasteiger partial charge in [0, 0.05) is 11.7 Å². The van der Waals surface area contributed by atoms with Crippen molar-refractivity contribution in [1.82, 2.24) is 0 Å². The van der Waals surface area contributed by atoms with Gasteiger partial charge < -0.3 is 15.2 Å². The number of hydrogen-bond donors (Lipinski definition) is 2. The molecule has 0 aliphatic heterocycles. The molecular formula is C15H21NO3. The first-order chi connectivity index (χ1) is 9.19. The molecule has 4 heteroatoms. The van der Waals surface area contributed by atoms with Crippen LogP contribution in [0.1, 0.15) is 43.0 Å². The second-order valence-electron chi connectivity index (χ2n) is 4.95. The fourth-order valence-electron chi connectivity index (χ4n) is 2.37. The molecule has 0 atom stereocenters. The fraction of sp³-hybridized carbons (Fsp3) is 0.533. The van der Waals surface area contributed by atoms with Crippen LogP contribution in [0, 0.1) is 0 Å². The maximum absolute atomic E-state index is 11.5. The smallest absolute Gasteiger partial charge is 0.338 e. The third-order valence-electron chi connectivity index (χ3n) is 3.46. The van der Waals surface area contributed by atoms with E-state index in [0.29, 0.717) is 18.2 Å². The largest absolute Gasteiger partial charge is 0.462 e.